The van der Waals surface area contributed by atoms with Crippen molar-refractivity contribution in [3.63, 3.8) is 0 Å². The number of aliphatic carboxylic acids is 1. The van der Waals surface area contributed by atoms with E-state index < -0.39 is 11.4 Å². The fourth-order valence-corrected chi connectivity index (χ4v) is 1.38. The van der Waals surface area contributed by atoms with Crippen LogP contribution >= 0.6 is 0 Å². The summed E-state index contributed by atoms with van der Waals surface area (Å²) < 4.78 is 0. The van der Waals surface area contributed by atoms with E-state index in [4.69, 9.17) is 5.11 Å². The third-order valence-corrected chi connectivity index (χ3v) is 2.62. The predicted octanol–water partition coefficient (Wildman–Crippen LogP) is 2.04. The molecule has 1 atom stereocenters. The van der Waals surface area contributed by atoms with Gasteiger partial charge in [0.15, 0.2) is 0 Å². The molecule has 1 unspecified atom stereocenters. The van der Waals surface area contributed by atoms with Gasteiger partial charge in [0.2, 0.25) is 5.91 Å². The van der Waals surface area contributed by atoms with Gasteiger partial charge in [-0.2, -0.15) is 0 Å². The molecule has 0 rings (SSSR count). The number of carboxylic acids is 1. The molecule has 4 nitrogen and oxygen atoms in total. The van der Waals surface area contributed by atoms with E-state index in [0.29, 0.717) is 12.3 Å². The third kappa shape index (κ3) is 5.73. The molecule has 1 amide bonds. The van der Waals surface area contributed by atoms with Gasteiger partial charge < -0.3 is 10.4 Å². The van der Waals surface area contributed by atoms with Crippen LogP contribution in [-0.4, -0.2) is 23.5 Å². The maximum atomic E-state index is 11.5. The molecule has 0 heterocycles. The lowest BCUT2D eigenvalue weighted by Crippen LogP contribution is -2.39. The quantitative estimate of drug-likeness (QED) is 0.702. The van der Waals surface area contributed by atoms with Gasteiger partial charge in [-0.15, -0.1) is 0 Å². The van der Waals surface area contributed by atoms with Crippen molar-refractivity contribution in [2.75, 3.05) is 6.54 Å². The van der Waals surface area contributed by atoms with E-state index in [0.717, 1.165) is 12.8 Å². The minimum absolute atomic E-state index is 0.0599. The second kappa shape index (κ2) is 6.51. The molecule has 0 bridgehead atoms. The molecule has 2 N–H and O–H groups in total. The van der Waals surface area contributed by atoms with Crippen LogP contribution in [0.15, 0.2) is 0 Å². The Morgan fingerprint density at radius 3 is 2.38 bits per heavy atom. The molecule has 0 spiro atoms. The summed E-state index contributed by atoms with van der Waals surface area (Å²) in [5, 5.41) is 11.5. The number of carbonyl (C=O) groups excluding carboxylic acids is 1. The summed E-state index contributed by atoms with van der Waals surface area (Å²) in [6, 6.07) is 0. The topological polar surface area (TPSA) is 66.4 Å². The SMILES string of the molecule is CCCC(C)CC(=O)NCC(C)(C)C(=O)O. The Morgan fingerprint density at radius 1 is 1.38 bits per heavy atom. The van der Waals surface area contributed by atoms with E-state index in [9.17, 15) is 9.59 Å². The number of carbonyl (C=O) groups is 2. The Hall–Kier alpha value is -1.06. The second-order valence-corrected chi connectivity index (χ2v) is 5.06. The van der Waals surface area contributed by atoms with Crippen LogP contribution in [0.3, 0.4) is 0 Å². The van der Waals surface area contributed by atoms with Crippen molar-refractivity contribution in [3.05, 3.63) is 0 Å². The van der Waals surface area contributed by atoms with Crippen molar-refractivity contribution in [1.29, 1.82) is 0 Å². The van der Waals surface area contributed by atoms with Crippen LogP contribution in [0.5, 0.6) is 0 Å². The lowest BCUT2D eigenvalue weighted by molar-refractivity contribution is -0.146. The minimum Gasteiger partial charge on any atom is -0.481 e. The molecule has 16 heavy (non-hydrogen) atoms. The molecule has 0 aromatic rings. The molecule has 94 valence electrons. The monoisotopic (exact) mass is 229 g/mol. The first-order chi connectivity index (χ1) is 7.29. The van der Waals surface area contributed by atoms with Gasteiger partial charge in [-0.05, 0) is 19.8 Å². The molecule has 0 saturated heterocycles. The molecule has 0 saturated carbocycles. The predicted molar refractivity (Wildman–Crippen MR) is 63.1 cm³/mol. The highest BCUT2D eigenvalue weighted by atomic mass is 16.4. The Kier molecular flexibility index (Phi) is 6.08. The van der Waals surface area contributed by atoms with Gasteiger partial charge in [-0.3, -0.25) is 9.59 Å². The Labute approximate surface area is 97.4 Å². The molecule has 0 aliphatic rings. The summed E-state index contributed by atoms with van der Waals surface area (Å²) in [6.07, 6.45) is 2.56. The van der Waals surface area contributed by atoms with E-state index in [1.54, 1.807) is 13.8 Å². The minimum atomic E-state index is -0.899. The van der Waals surface area contributed by atoms with Crippen LogP contribution in [0.25, 0.3) is 0 Å². The van der Waals surface area contributed by atoms with E-state index in [2.05, 4.69) is 12.2 Å². The zero-order valence-electron chi connectivity index (χ0n) is 10.7. The van der Waals surface area contributed by atoms with Crippen LogP contribution < -0.4 is 5.32 Å². The lowest BCUT2D eigenvalue weighted by atomic mass is 9.93. The highest BCUT2D eigenvalue weighted by Crippen LogP contribution is 2.14. The van der Waals surface area contributed by atoms with Crippen molar-refractivity contribution in [2.45, 2.75) is 47.0 Å². The summed E-state index contributed by atoms with van der Waals surface area (Å²) in [7, 11) is 0. The van der Waals surface area contributed by atoms with Gasteiger partial charge in [-0.25, -0.2) is 0 Å². The molecule has 0 aromatic heterocycles. The first kappa shape index (κ1) is 14.9. The maximum Gasteiger partial charge on any atom is 0.310 e. The molecule has 0 aromatic carbocycles. The Balaban J connectivity index is 3.94. The third-order valence-electron chi connectivity index (χ3n) is 2.62. The van der Waals surface area contributed by atoms with Crippen LogP contribution in [0.1, 0.15) is 47.0 Å². The molecule has 0 aliphatic carbocycles. The Bertz CT molecular complexity index is 249. The summed E-state index contributed by atoms with van der Waals surface area (Å²) in [6.45, 7) is 7.50. The smallest absolute Gasteiger partial charge is 0.310 e. The van der Waals surface area contributed by atoms with Crippen molar-refractivity contribution in [3.8, 4) is 0 Å². The van der Waals surface area contributed by atoms with Gasteiger partial charge >= 0.3 is 5.97 Å². The highest BCUT2D eigenvalue weighted by molar-refractivity contribution is 5.78. The average molecular weight is 229 g/mol. The van der Waals surface area contributed by atoms with Crippen LogP contribution in [0.2, 0.25) is 0 Å². The first-order valence-corrected chi connectivity index (χ1v) is 5.79. The fraction of sp³-hybridized carbons (Fsp3) is 0.833. The molecule has 4 heteroatoms. The molecule has 0 fully saturated rings. The van der Waals surface area contributed by atoms with Gasteiger partial charge in [-0.1, -0.05) is 26.7 Å². The van der Waals surface area contributed by atoms with Gasteiger partial charge in [0, 0.05) is 13.0 Å². The van der Waals surface area contributed by atoms with Crippen LogP contribution in [-0.2, 0) is 9.59 Å². The summed E-state index contributed by atoms with van der Waals surface area (Å²) >= 11 is 0. The number of carboxylic acid groups (broad SMARTS) is 1. The van der Waals surface area contributed by atoms with Gasteiger partial charge in [0.05, 0.1) is 5.41 Å². The molecule has 0 radical (unpaired) electrons. The zero-order chi connectivity index (χ0) is 12.8. The summed E-state index contributed by atoms with van der Waals surface area (Å²) in [5.74, 6) is -0.595. The maximum absolute atomic E-state index is 11.5. The molecular formula is C12H23NO3. The van der Waals surface area contributed by atoms with Crippen LogP contribution in [0.4, 0.5) is 0 Å². The average Bonchev–Trinajstić information content (AvgIpc) is 2.15. The first-order valence-electron chi connectivity index (χ1n) is 5.79. The fourth-order valence-electron chi connectivity index (χ4n) is 1.38. The largest absolute Gasteiger partial charge is 0.481 e. The zero-order valence-corrected chi connectivity index (χ0v) is 10.7. The van der Waals surface area contributed by atoms with Gasteiger partial charge in [0.25, 0.3) is 0 Å². The Morgan fingerprint density at radius 2 is 1.94 bits per heavy atom. The van der Waals surface area contributed by atoms with E-state index >= 15 is 0 Å². The normalized spacial score (nSPS) is 13.2. The number of hydrogen-bond donors (Lipinski definition) is 2. The van der Waals surface area contributed by atoms with Crippen molar-refractivity contribution < 1.29 is 14.7 Å². The summed E-state index contributed by atoms with van der Waals surface area (Å²) in [5.41, 5.74) is -0.899. The van der Waals surface area contributed by atoms with Gasteiger partial charge in [0.1, 0.15) is 0 Å². The lowest BCUT2D eigenvalue weighted by Gasteiger charge is -2.20. The van der Waals surface area contributed by atoms with Crippen LogP contribution in [0, 0.1) is 11.3 Å². The number of amides is 1. The molecule has 0 aliphatic heterocycles. The van der Waals surface area contributed by atoms with Crippen molar-refractivity contribution in [2.24, 2.45) is 11.3 Å². The highest BCUT2D eigenvalue weighted by Gasteiger charge is 2.27. The van der Waals surface area contributed by atoms with Crippen molar-refractivity contribution in [1.82, 2.24) is 5.32 Å². The number of nitrogens with one attached hydrogen (secondary N) is 1. The van der Waals surface area contributed by atoms with Crippen molar-refractivity contribution >= 4 is 11.9 Å². The van der Waals surface area contributed by atoms with E-state index in [1.165, 1.54) is 0 Å². The summed E-state index contributed by atoms with van der Waals surface area (Å²) in [4.78, 5) is 22.3. The standard InChI is InChI=1S/C12H23NO3/c1-5-6-9(2)7-10(14)13-8-12(3,4)11(15)16/h9H,5-8H2,1-4H3,(H,13,14)(H,15,16). The number of hydrogen-bond acceptors (Lipinski definition) is 2. The second-order valence-electron chi connectivity index (χ2n) is 5.06. The number of rotatable bonds is 7. The van der Waals surface area contributed by atoms with E-state index in [-0.39, 0.29) is 12.5 Å². The molecular weight excluding hydrogens is 206 g/mol. The van der Waals surface area contributed by atoms with E-state index in [1.807, 2.05) is 6.92 Å².